The van der Waals surface area contributed by atoms with Gasteiger partial charge in [0.2, 0.25) is 0 Å². The van der Waals surface area contributed by atoms with Gasteiger partial charge < -0.3 is 10.6 Å². The Morgan fingerprint density at radius 1 is 1.00 bits per heavy atom. The minimum absolute atomic E-state index is 0.184. The molecule has 3 aromatic rings. The van der Waals surface area contributed by atoms with Gasteiger partial charge in [-0.1, -0.05) is 56.2 Å². The first-order valence-electron chi connectivity index (χ1n) is 9.62. The van der Waals surface area contributed by atoms with Gasteiger partial charge in [-0.2, -0.15) is 0 Å². The number of nitrogens with zero attached hydrogens (tertiary/aromatic N) is 3. The van der Waals surface area contributed by atoms with E-state index in [1.807, 2.05) is 48.5 Å². The lowest BCUT2D eigenvalue weighted by atomic mass is 10.2. The highest BCUT2D eigenvalue weighted by Gasteiger charge is 2.13. The fraction of sp³-hybridized carbons (Fsp3) is 0.273. The van der Waals surface area contributed by atoms with E-state index in [9.17, 15) is 4.79 Å². The molecule has 0 bridgehead atoms. The molecule has 144 valence electrons. The Kier molecular flexibility index (Phi) is 7.07. The van der Waals surface area contributed by atoms with Gasteiger partial charge in [-0.05, 0) is 18.6 Å². The minimum Gasteiger partial charge on any atom is -0.364 e. The van der Waals surface area contributed by atoms with Crippen molar-refractivity contribution in [3.05, 3.63) is 72.2 Å². The van der Waals surface area contributed by atoms with E-state index < -0.39 is 0 Å². The summed E-state index contributed by atoms with van der Waals surface area (Å²) in [6, 6.07) is 17.1. The fourth-order valence-electron chi connectivity index (χ4n) is 2.72. The number of nitrogens with one attached hydrogen (secondary N) is 2. The molecule has 0 aliphatic carbocycles. The Morgan fingerprint density at radius 3 is 2.57 bits per heavy atom. The number of unbranched alkanes of at least 4 members (excludes halogenated alkanes) is 2. The maximum absolute atomic E-state index is 12.6. The number of carbonyl (C=O) groups is 1. The van der Waals surface area contributed by atoms with Crippen molar-refractivity contribution < 1.29 is 4.79 Å². The van der Waals surface area contributed by atoms with Crippen LogP contribution >= 0.6 is 0 Å². The zero-order valence-corrected chi connectivity index (χ0v) is 16.1. The van der Waals surface area contributed by atoms with Crippen LogP contribution < -0.4 is 10.6 Å². The van der Waals surface area contributed by atoms with E-state index in [1.54, 1.807) is 12.3 Å². The van der Waals surface area contributed by atoms with Crippen LogP contribution in [0, 0.1) is 0 Å². The van der Waals surface area contributed by atoms with Gasteiger partial charge in [0.15, 0.2) is 5.82 Å². The number of hydrogen-bond donors (Lipinski definition) is 2. The molecular weight excluding hydrogens is 350 g/mol. The van der Waals surface area contributed by atoms with Crippen LogP contribution in [-0.2, 0) is 6.54 Å². The van der Waals surface area contributed by atoms with Crippen LogP contribution in [0.15, 0.2) is 60.8 Å². The quantitative estimate of drug-likeness (QED) is 0.551. The van der Waals surface area contributed by atoms with E-state index in [4.69, 9.17) is 0 Å². The maximum atomic E-state index is 12.6. The SMILES string of the molecule is CCCCCNC(=O)c1cc(NCc2ccccn2)nc(-c2ccccc2)n1. The highest BCUT2D eigenvalue weighted by atomic mass is 16.1. The van der Waals surface area contributed by atoms with Crippen molar-refractivity contribution in [3.8, 4) is 11.4 Å². The van der Waals surface area contributed by atoms with Crippen molar-refractivity contribution in [1.82, 2.24) is 20.3 Å². The molecule has 0 spiro atoms. The Hall–Kier alpha value is -3.28. The van der Waals surface area contributed by atoms with Gasteiger partial charge in [0.05, 0.1) is 12.2 Å². The fourth-order valence-corrected chi connectivity index (χ4v) is 2.72. The summed E-state index contributed by atoms with van der Waals surface area (Å²) in [4.78, 5) is 25.9. The topological polar surface area (TPSA) is 79.8 Å². The lowest BCUT2D eigenvalue weighted by molar-refractivity contribution is 0.0948. The molecule has 0 saturated heterocycles. The lowest BCUT2D eigenvalue weighted by Crippen LogP contribution is -2.26. The molecule has 2 aromatic heterocycles. The average Bonchev–Trinajstić information content (AvgIpc) is 2.76. The molecule has 2 heterocycles. The predicted octanol–water partition coefficient (Wildman–Crippen LogP) is 4.07. The average molecular weight is 375 g/mol. The first kappa shape index (κ1) is 19.5. The molecule has 1 amide bonds. The molecule has 0 aliphatic heterocycles. The second-order valence-corrected chi connectivity index (χ2v) is 6.47. The van der Waals surface area contributed by atoms with Crippen LogP contribution in [0.4, 0.5) is 5.82 Å². The van der Waals surface area contributed by atoms with Gasteiger partial charge in [0, 0.05) is 24.4 Å². The summed E-state index contributed by atoms with van der Waals surface area (Å²) in [6.45, 7) is 3.30. The Balaban J connectivity index is 1.80. The van der Waals surface area contributed by atoms with Crippen LogP contribution in [0.25, 0.3) is 11.4 Å². The van der Waals surface area contributed by atoms with Crippen LogP contribution in [-0.4, -0.2) is 27.4 Å². The zero-order valence-electron chi connectivity index (χ0n) is 16.1. The zero-order chi connectivity index (χ0) is 19.6. The number of amides is 1. The van der Waals surface area contributed by atoms with Gasteiger partial charge >= 0.3 is 0 Å². The number of carbonyl (C=O) groups excluding carboxylic acids is 1. The summed E-state index contributed by atoms with van der Waals surface area (Å²) in [7, 11) is 0. The largest absolute Gasteiger partial charge is 0.364 e. The molecule has 0 radical (unpaired) electrons. The van der Waals surface area contributed by atoms with Crippen molar-refractivity contribution in [1.29, 1.82) is 0 Å². The van der Waals surface area contributed by atoms with Gasteiger partial charge in [-0.15, -0.1) is 0 Å². The Morgan fingerprint density at radius 2 is 1.82 bits per heavy atom. The number of rotatable bonds is 9. The number of anilines is 1. The van der Waals surface area contributed by atoms with Crippen molar-refractivity contribution in [2.45, 2.75) is 32.7 Å². The van der Waals surface area contributed by atoms with Crippen LogP contribution in [0.1, 0.15) is 42.4 Å². The summed E-state index contributed by atoms with van der Waals surface area (Å²) < 4.78 is 0. The summed E-state index contributed by atoms with van der Waals surface area (Å²) in [6.07, 6.45) is 4.92. The maximum Gasteiger partial charge on any atom is 0.270 e. The lowest BCUT2D eigenvalue weighted by Gasteiger charge is -2.10. The van der Waals surface area contributed by atoms with Gasteiger partial charge in [0.1, 0.15) is 11.5 Å². The second-order valence-electron chi connectivity index (χ2n) is 6.47. The van der Waals surface area contributed by atoms with Crippen LogP contribution in [0.3, 0.4) is 0 Å². The molecular formula is C22H25N5O. The Labute approximate surface area is 165 Å². The highest BCUT2D eigenvalue weighted by molar-refractivity contribution is 5.93. The molecule has 0 saturated carbocycles. The van der Waals surface area contributed by atoms with E-state index in [1.165, 1.54) is 0 Å². The molecule has 0 unspecified atom stereocenters. The standard InChI is InChI=1S/C22H25N5O/c1-2-3-8-14-24-22(28)19-15-20(25-16-18-12-7-9-13-23-18)27-21(26-19)17-10-5-4-6-11-17/h4-7,9-13,15H,2-3,8,14,16H2,1H3,(H,24,28)(H,25,26,27). The molecule has 6 heteroatoms. The smallest absolute Gasteiger partial charge is 0.270 e. The van der Waals surface area contributed by atoms with Crippen LogP contribution in [0.2, 0.25) is 0 Å². The van der Waals surface area contributed by atoms with E-state index in [-0.39, 0.29) is 5.91 Å². The molecule has 2 N–H and O–H groups in total. The third-order valence-electron chi connectivity index (χ3n) is 4.23. The first-order valence-corrected chi connectivity index (χ1v) is 9.62. The van der Waals surface area contributed by atoms with E-state index in [0.29, 0.717) is 30.4 Å². The number of hydrogen-bond acceptors (Lipinski definition) is 5. The van der Waals surface area contributed by atoms with Gasteiger partial charge in [0.25, 0.3) is 5.91 Å². The van der Waals surface area contributed by atoms with Crippen molar-refractivity contribution in [2.75, 3.05) is 11.9 Å². The van der Waals surface area contributed by atoms with Crippen molar-refractivity contribution >= 4 is 11.7 Å². The number of aromatic nitrogens is 3. The number of benzene rings is 1. The van der Waals surface area contributed by atoms with E-state index >= 15 is 0 Å². The molecule has 0 fully saturated rings. The molecule has 0 atom stereocenters. The Bertz CT molecular complexity index is 884. The van der Waals surface area contributed by atoms with E-state index in [0.717, 1.165) is 30.5 Å². The third kappa shape index (κ3) is 5.61. The summed E-state index contributed by atoms with van der Waals surface area (Å²) >= 11 is 0. The molecule has 28 heavy (non-hydrogen) atoms. The van der Waals surface area contributed by atoms with Crippen molar-refractivity contribution in [2.24, 2.45) is 0 Å². The first-order chi connectivity index (χ1) is 13.8. The monoisotopic (exact) mass is 375 g/mol. The third-order valence-corrected chi connectivity index (χ3v) is 4.23. The molecule has 6 nitrogen and oxygen atoms in total. The molecule has 0 aliphatic rings. The summed E-state index contributed by atoms with van der Waals surface area (Å²) in [5, 5.41) is 6.19. The summed E-state index contributed by atoms with van der Waals surface area (Å²) in [5.74, 6) is 0.931. The normalized spacial score (nSPS) is 10.5. The highest BCUT2D eigenvalue weighted by Crippen LogP contribution is 2.18. The van der Waals surface area contributed by atoms with Crippen molar-refractivity contribution in [3.63, 3.8) is 0 Å². The summed E-state index contributed by atoms with van der Waals surface area (Å²) in [5.41, 5.74) is 2.12. The predicted molar refractivity (Wildman–Crippen MR) is 111 cm³/mol. The minimum atomic E-state index is -0.184. The van der Waals surface area contributed by atoms with Crippen LogP contribution in [0.5, 0.6) is 0 Å². The van der Waals surface area contributed by atoms with Gasteiger partial charge in [-0.3, -0.25) is 9.78 Å². The second kappa shape index (κ2) is 10.2. The molecule has 3 rings (SSSR count). The molecule has 1 aromatic carbocycles. The van der Waals surface area contributed by atoms with Gasteiger partial charge in [-0.25, -0.2) is 9.97 Å². The number of pyridine rings is 1. The van der Waals surface area contributed by atoms with E-state index in [2.05, 4.69) is 32.5 Å².